The Hall–Kier alpha value is -1.06. The van der Waals surface area contributed by atoms with E-state index in [0.29, 0.717) is 17.8 Å². The maximum absolute atomic E-state index is 5.98. The molecule has 0 amide bonds. The zero-order valence-corrected chi connectivity index (χ0v) is 13.6. The van der Waals surface area contributed by atoms with Gasteiger partial charge in [-0.15, -0.1) is 11.6 Å². The maximum atomic E-state index is 5.98. The minimum atomic E-state index is 0.443. The first kappa shape index (κ1) is 14.9. The zero-order valence-electron chi connectivity index (χ0n) is 12.8. The van der Waals surface area contributed by atoms with Crippen molar-refractivity contribution in [2.75, 3.05) is 19.1 Å². The lowest BCUT2D eigenvalue weighted by Gasteiger charge is -2.30. The fraction of sp³-hybridized carbons (Fsp3) is 0.588. The Balaban J connectivity index is 2.04. The van der Waals surface area contributed by atoms with Gasteiger partial charge >= 0.3 is 0 Å². The largest absolute Gasteiger partial charge is 0.381 e. The molecule has 0 aliphatic carbocycles. The number of alkyl halides is 1. The number of hydrogen-bond acceptors (Lipinski definition) is 2. The molecule has 0 N–H and O–H groups in total. The molecule has 3 rings (SSSR count). The van der Waals surface area contributed by atoms with Crippen molar-refractivity contribution in [3.8, 4) is 0 Å². The summed E-state index contributed by atoms with van der Waals surface area (Å²) in [6.07, 6.45) is 3.09. The van der Waals surface area contributed by atoms with Gasteiger partial charge in [0.1, 0.15) is 5.82 Å². The molecule has 0 radical (unpaired) electrons. The van der Waals surface area contributed by atoms with E-state index in [1.165, 1.54) is 11.1 Å². The summed E-state index contributed by atoms with van der Waals surface area (Å²) in [6.45, 7) is 6.21. The molecule has 114 valence electrons. The van der Waals surface area contributed by atoms with Crippen LogP contribution >= 0.6 is 11.6 Å². The second-order valence-corrected chi connectivity index (χ2v) is 6.40. The quantitative estimate of drug-likeness (QED) is 0.795. The lowest BCUT2D eigenvalue weighted by atomic mass is 9.92. The molecule has 0 saturated carbocycles. The van der Waals surface area contributed by atoms with E-state index in [0.717, 1.165) is 43.8 Å². The molecule has 1 fully saturated rings. The zero-order chi connectivity index (χ0) is 14.8. The van der Waals surface area contributed by atoms with E-state index in [1.54, 1.807) is 0 Å². The average Bonchev–Trinajstić information content (AvgIpc) is 2.85. The highest BCUT2D eigenvalue weighted by molar-refractivity contribution is 6.17. The summed E-state index contributed by atoms with van der Waals surface area (Å²) >= 11 is 5.98. The number of aryl methyl sites for hydroxylation is 2. The summed E-state index contributed by atoms with van der Waals surface area (Å²) in [7, 11) is 0. The summed E-state index contributed by atoms with van der Waals surface area (Å²) in [5.41, 5.74) is 3.61. The van der Waals surface area contributed by atoms with Gasteiger partial charge in [0.2, 0.25) is 0 Å². The Labute approximate surface area is 131 Å². The first-order valence-corrected chi connectivity index (χ1v) is 8.35. The molecular formula is C17H23ClN2O. The molecule has 1 saturated heterocycles. The summed E-state index contributed by atoms with van der Waals surface area (Å²) in [5, 5.41) is 0. The molecule has 1 aliphatic heterocycles. The van der Waals surface area contributed by atoms with Crippen molar-refractivity contribution in [2.24, 2.45) is 5.92 Å². The number of halogens is 1. The van der Waals surface area contributed by atoms with Gasteiger partial charge in [0.05, 0.1) is 11.0 Å². The third-order valence-corrected chi connectivity index (χ3v) is 4.78. The topological polar surface area (TPSA) is 27.1 Å². The predicted octanol–water partition coefficient (Wildman–Crippen LogP) is 4.11. The van der Waals surface area contributed by atoms with Gasteiger partial charge in [-0.05, 0) is 50.3 Å². The highest BCUT2D eigenvalue weighted by atomic mass is 35.5. The Kier molecular flexibility index (Phi) is 4.51. The van der Waals surface area contributed by atoms with Crippen molar-refractivity contribution in [3.05, 3.63) is 29.6 Å². The predicted molar refractivity (Wildman–Crippen MR) is 87.1 cm³/mol. The Morgan fingerprint density at radius 3 is 2.86 bits per heavy atom. The molecular weight excluding hydrogens is 284 g/mol. The normalized spacial score (nSPS) is 18.2. The van der Waals surface area contributed by atoms with Gasteiger partial charge in [0.15, 0.2) is 0 Å². The SMILES string of the molecule is Cc1ccc2nc(CCCl)n(C(C)C3CCOCC3)c2c1. The van der Waals surface area contributed by atoms with Crippen LogP contribution in [0.2, 0.25) is 0 Å². The lowest BCUT2D eigenvalue weighted by molar-refractivity contribution is 0.0515. The Morgan fingerprint density at radius 2 is 2.14 bits per heavy atom. The van der Waals surface area contributed by atoms with E-state index >= 15 is 0 Å². The van der Waals surface area contributed by atoms with Crippen molar-refractivity contribution in [2.45, 2.75) is 39.2 Å². The number of imidazole rings is 1. The Bertz CT molecular complexity index is 617. The third-order valence-electron chi connectivity index (χ3n) is 4.59. The van der Waals surface area contributed by atoms with Gasteiger partial charge in [-0.3, -0.25) is 0 Å². The fourth-order valence-corrected chi connectivity index (χ4v) is 3.55. The van der Waals surface area contributed by atoms with Crippen LogP contribution in [0.4, 0.5) is 0 Å². The second-order valence-electron chi connectivity index (χ2n) is 6.02. The van der Waals surface area contributed by atoms with Gasteiger partial charge < -0.3 is 9.30 Å². The van der Waals surface area contributed by atoms with Gasteiger partial charge in [0, 0.05) is 31.6 Å². The molecule has 1 atom stereocenters. The number of ether oxygens (including phenoxy) is 1. The molecule has 3 nitrogen and oxygen atoms in total. The van der Waals surface area contributed by atoms with E-state index in [4.69, 9.17) is 21.3 Å². The van der Waals surface area contributed by atoms with Crippen LogP contribution < -0.4 is 0 Å². The van der Waals surface area contributed by atoms with Crippen LogP contribution in [-0.4, -0.2) is 28.6 Å². The molecule has 0 bridgehead atoms. The maximum Gasteiger partial charge on any atom is 0.111 e. The number of nitrogens with zero attached hydrogens (tertiary/aromatic N) is 2. The van der Waals surface area contributed by atoms with E-state index in [2.05, 4.69) is 36.6 Å². The van der Waals surface area contributed by atoms with Crippen LogP contribution in [0.3, 0.4) is 0 Å². The number of fused-ring (bicyclic) bond motifs is 1. The molecule has 1 aliphatic rings. The van der Waals surface area contributed by atoms with Crippen molar-refractivity contribution in [1.82, 2.24) is 9.55 Å². The molecule has 2 heterocycles. The van der Waals surface area contributed by atoms with E-state index in [9.17, 15) is 0 Å². The summed E-state index contributed by atoms with van der Waals surface area (Å²) < 4.78 is 7.92. The molecule has 1 aromatic heterocycles. The number of benzene rings is 1. The first-order valence-electron chi connectivity index (χ1n) is 7.82. The van der Waals surface area contributed by atoms with E-state index < -0.39 is 0 Å². The summed E-state index contributed by atoms with van der Waals surface area (Å²) in [6, 6.07) is 6.94. The van der Waals surface area contributed by atoms with Crippen molar-refractivity contribution in [3.63, 3.8) is 0 Å². The van der Waals surface area contributed by atoms with Crippen molar-refractivity contribution in [1.29, 1.82) is 0 Å². The highest BCUT2D eigenvalue weighted by Crippen LogP contribution is 2.32. The number of hydrogen-bond donors (Lipinski definition) is 0. The monoisotopic (exact) mass is 306 g/mol. The summed E-state index contributed by atoms with van der Waals surface area (Å²) in [4.78, 5) is 4.81. The molecule has 4 heteroatoms. The van der Waals surface area contributed by atoms with Crippen LogP contribution in [0.5, 0.6) is 0 Å². The highest BCUT2D eigenvalue weighted by Gasteiger charge is 2.25. The number of aromatic nitrogens is 2. The standard InChI is InChI=1S/C17H23ClN2O/c1-12-3-4-15-16(11-12)20(17(19-15)5-8-18)13(2)14-6-9-21-10-7-14/h3-4,11,13-14H,5-10H2,1-2H3. The van der Waals surface area contributed by atoms with Crippen LogP contribution in [0.1, 0.15) is 37.2 Å². The minimum Gasteiger partial charge on any atom is -0.381 e. The van der Waals surface area contributed by atoms with Crippen LogP contribution in [-0.2, 0) is 11.2 Å². The lowest BCUT2D eigenvalue weighted by Crippen LogP contribution is -2.25. The smallest absolute Gasteiger partial charge is 0.111 e. The second kappa shape index (κ2) is 6.37. The number of rotatable bonds is 4. The van der Waals surface area contributed by atoms with Gasteiger partial charge in [0.25, 0.3) is 0 Å². The minimum absolute atomic E-state index is 0.443. The van der Waals surface area contributed by atoms with Gasteiger partial charge in [-0.1, -0.05) is 6.07 Å². The van der Waals surface area contributed by atoms with Crippen LogP contribution in [0, 0.1) is 12.8 Å². The van der Waals surface area contributed by atoms with Crippen LogP contribution in [0.15, 0.2) is 18.2 Å². The Morgan fingerprint density at radius 1 is 1.38 bits per heavy atom. The van der Waals surface area contributed by atoms with E-state index in [1.807, 2.05) is 0 Å². The molecule has 1 unspecified atom stereocenters. The van der Waals surface area contributed by atoms with Crippen molar-refractivity contribution >= 4 is 22.6 Å². The van der Waals surface area contributed by atoms with E-state index in [-0.39, 0.29) is 0 Å². The molecule has 21 heavy (non-hydrogen) atoms. The molecule has 1 aromatic carbocycles. The van der Waals surface area contributed by atoms with Gasteiger partial charge in [-0.2, -0.15) is 0 Å². The first-order chi connectivity index (χ1) is 10.2. The van der Waals surface area contributed by atoms with Crippen molar-refractivity contribution < 1.29 is 4.74 Å². The summed E-state index contributed by atoms with van der Waals surface area (Å²) in [5.74, 6) is 2.39. The molecule has 0 spiro atoms. The van der Waals surface area contributed by atoms with Crippen LogP contribution in [0.25, 0.3) is 11.0 Å². The molecule has 2 aromatic rings. The average molecular weight is 307 g/mol. The fourth-order valence-electron chi connectivity index (χ4n) is 3.38. The third kappa shape index (κ3) is 2.95. The van der Waals surface area contributed by atoms with Gasteiger partial charge in [-0.25, -0.2) is 4.98 Å².